The third-order valence-electron chi connectivity index (χ3n) is 2.51. The van der Waals surface area contributed by atoms with Crippen LogP contribution in [0.25, 0.3) is 0 Å². The summed E-state index contributed by atoms with van der Waals surface area (Å²) < 4.78 is 2.27. The maximum absolute atomic E-state index is 2.27. The molecule has 0 amide bonds. The first-order valence-corrected chi connectivity index (χ1v) is 5.41. The standard InChI is InChI=1S/C13H17N2/c1(2-8-14-10-4-5-11-14)3-9-15-12-6-7-13-15/h1-9H,10-13H2/q+1. The maximum atomic E-state index is 2.27. The van der Waals surface area contributed by atoms with E-state index in [1.165, 1.54) is 0 Å². The molecule has 2 heteroatoms. The van der Waals surface area contributed by atoms with Gasteiger partial charge in [-0.15, -0.1) is 0 Å². The van der Waals surface area contributed by atoms with Crippen LogP contribution in [0.5, 0.6) is 0 Å². The first kappa shape index (κ1) is 9.97. The van der Waals surface area contributed by atoms with E-state index in [9.17, 15) is 0 Å². The van der Waals surface area contributed by atoms with Crippen molar-refractivity contribution >= 4 is 6.21 Å². The first-order valence-electron chi connectivity index (χ1n) is 5.41. The lowest BCUT2D eigenvalue weighted by Crippen LogP contribution is -2.10. The van der Waals surface area contributed by atoms with Crippen LogP contribution in [0, 0.1) is 0 Å². The minimum Gasteiger partial charge on any atom is -0.370 e. The van der Waals surface area contributed by atoms with Crippen molar-refractivity contribution < 1.29 is 4.58 Å². The minimum absolute atomic E-state index is 1.05. The molecule has 15 heavy (non-hydrogen) atoms. The van der Waals surface area contributed by atoms with Crippen LogP contribution in [0.4, 0.5) is 0 Å². The van der Waals surface area contributed by atoms with Crippen molar-refractivity contribution in [1.29, 1.82) is 0 Å². The van der Waals surface area contributed by atoms with E-state index in [4.69, 9.17) is 0 Å². The smallest absolute Gasteiger partial charge is 0.163 e. The largest absolute Gasteiger partial charge is 0.370 e. The van der Waals surface area contributed by atoms with E-state index in [1.54, 1.807) is 0 Å². The molecule has 0 unspecified atom stereocenters. The average Bonchev–Trinajstić information content (AvgIpc) is 2.88. The highest BCUT2D eigenvalue weighted by Gasteiger charge is 2.02. The fourth-order valence-corrected chi connectivity index (χ4v) is 1.64. The van der Waals surface area contributed by atoms with Gasteiger partial charge < -0.3 is 4.90 Å². The van der Waals surface area contributed by atoms with Crippen molar-refractivity contribution in [3.63, 3.8) is 0 Å². The molecule has 0 N–H and O–H groups in total. The summed E-state index contributed by atoms with van der Waals surface area (Å²) >= 11 is 0. The Bertz CT molecular complexity index is 328. The molecule has 0 saturated heterocycles. The van der Waals surface area contributed by atoms with Gasteiger partial charge in [0.15, 0.2) is 19.3 Å². The van der Waals surface area contributed by atoms with E-state index in [0.717, 1.165) is 26.2 Å². The molecular formula is C13H17N2+. The van der Waals surface area contributed by atoms with E-state index < -0.39 is 0 Å². The van der Waals surface area contributed by atoms with Gasteiger partial charge in [-0.1, -0.05) is 18.2 Å². The van der Waals surface area contributed by atoms with Crippen molar-refractivity contribution in [2.45, 2.75) is 0 Å². The first-order chi connectivity index (χ1) is 7.45. The maximum Gasteiger partial charge on any atom is 0.163 e. The molecule has 0 spiro atoms. The van der Waals surface area contributed by atoms with Gasteiger partial charge in [-0.05, 0) is 24.4 Å². The molecule has 0 bridgehead atoms. The van der Waals surface area contributed by atoms with Gasteiger partial charge in [0.25, 0.3) is 0 Å². The van der Waals surface area contributed by atoms with Crippen LogP contribution in [0.15, 0.2) is 48.7 Å². The summed E-state index contributed by atoms with van der Waals surface area (Å²) in [5.41, 5.74) is 0. The minimum atomic E-state index is 1.05. The van der Waals surface area contributed by atoms with Gasteiger partial charge in [0, 0.05) is 19.2 Å². The molecule has 0 aromatic carbocycles. The van der Waals surface area contributed by atoms with Gasteiger partial charge in [-0.25, -0.2) is 4.58 Å². The fraction of sp³-hybridized carbons (Fsp3) is 0.308. The van der Waals surface area contributed by atoms with Crippen LogP contribution < -0.4 is 0 Å². The van der Waals surface area contributed by atoms with Crippen LogP contribution in [-0.2, 0) is 0 Å². The lowest BCUT2D eigenvalue weighted by molar-refractivity contribution is -0.494. The molecular weight excluding hydrogens is 184 g/mol. The molecule has 2 aliphatic rings. The van der Waals surface area contributed by atoms with Gasteiger partial charge in [0.2, 0.25) is 0 Å². The number of hydrogen-bond acceptors (Lipinski definition) is 1. The molecule has 0 aliphatic carbocycles. The Balaban J connectivity index is 1.72. The second-order valence-electron chi connectivity index (χ2n) is 3.73. The predicted molar refractivity (Wildman–Crippen MR) is 64.2 cm³/mol. The van der Waals surface area contributed by atoms with Crippen LogP contribution in [0.1, 0.15) is 0 Å². The molecule has 0 radical (unpaired) electrons. The predicted octanol–water partition coefficient (Wildman–Crippen LogP) is 1.58. The summed E-state index contributed by atoms with van der Waals surface area (Å²) in [6.45, 7) is 4.18. The molecule has 2 rings (SSSR count). The van der Waals surface area contributed by atoms with E-state index in [2.05, 4.69) is 64.4 Å². The van der Waals surface area contributed by atoms with Crippen LogP contribution >= 0.6 is 0 Å². The number of rotatable bonds is 3. The quantitative estimate of drug-likeness (QED) is 0.382. The molecule has 2 aliphatic heterocycles. The van der Waals surface area contributed by atoms with Crippen molar-refractivity contribution in [2.75, 3.05) is 26.2 Å². The lowest BCUT2D eigenvalue weighted by Gasteiger charge is -2.08. The summed E-state index contributed by atoms with van der Waals surface area (Å²) in [6, 6.07) is 0. The van der Waals surface area contributed by atoms with Crippen molar-refractivity contribution in [3.8, 4) is 0 Å². The third kappa shape index (κ3) is 3.24. The summed E-state index contributed by atoms with van der Waals surface area (Å²) in [5.74, 6) is 0. The van der Waals surface area contributed by atoms with Crippen LogP contribution in [0.2, 0.25) is 0 Å². The summed E-state index contributed by atoms with van der Waals surface area (Å²) in [4.78, 5) is 2.27. The normalized spacial score (nSPS) is 20.3. The molecule has 0 aromatic heterocycles. The molecule has 0 aromatic rings. The van der Waals surface area contributed by atoms with Gasteiger partial charge in [-0.2, -0.15) is 0 Å². The Labute approximate surface area is 91.2 Å². The Morgan fingerprint density at radius 3 is 2.33 bits per heavy atom. The number of nitrogens with zero attached hydrogens (tertiary/aromatic N) is 2. The van der Waals surface area contributed by atoms with Crippen molar-refractivity contribution in [3.05, 3.63) is 48.7 Å². The van der Waals surface area contributed by atoms with Gasteiger partial charge >= 0.3 is 0 Å². The number of allylic oxidation sites excluding steroid dienone is 3. The summed E-state index contributed by atoms with van der Waals surface area (Å²) in [7, 11) is 0. The Hall–Kier alpha value is -1.57. The summed E-state index contributed by atoms with van der Waals surface area (Å²) in [6.07, 6.45) is 19.3. The van der Waals surface area contributed by atoms with Crippen LogP contribution in [0.3, 0.4) is 0 Å². The van der Waals surface area contributed by atoms with Gasteiger partial charge in [0.05, 0.1) is 0 Å². The zero-order chi connectivity index (χ0) is 10.3. The van der Waals surface area contributed by atoms with E-state index >= 15 is 0 Å². The third-order valence-corrected chi connectivity index (χ3v) is 2.51. The Kier molecular flexibility index (Phi) is 3.55. The Morgan fingerprint density at radius 1 is 0.867 bits per heavy atom. The highest BCUT2D eigenvalue weighted by atomic mass is 15.1. The highest BCUT2D eigenvalue weighted by Crippen LogP contribution is 1.98. The lowest BCUT2D eigenvalue weighted by atomic mass is 10.4. The van der Waals surface area contributed by atoms with E-state index in [-0.39, 0.29) is 0 Å². The molecule has 2 heterocycles. The van der Waals surface area contributed by atoms with Gasteiger partial charge in [-0.3, -0.25) is 0 Å². The molecule has 2 nitrogen and oxygen atoms in total. The van der Waals surface area contributed by atoms with Crippen LogP contribution in [-0.4, -0.2) is 41.9 Å². The van der Waals surface area contributed by atoms with Gasteiger partial charge in [0.1, 0.15) is 0 Å². The van der Waals surface area contributed by atoms with Crippen molar-refractivity contribution in [2.24, 2.45) is 0 Å². The zero-order valence-electron chi connectivity index (χ0n) is 8.92. The second-order valence-corrected chi connectivity index (χ2v) is 3.73. The molecule has 0 saturated carbocycles. The second kappa shape index (κ2) is 5.35. The monoisotopic (exact) mass is 201 g/mol. The van der Waals surface area contributed by atoms with E-state index in [0.29, 0.717) is 0 Å². The Morgan fingerprint density at radius 2 is 1.60 bits per heavy atom. The molecule has 0 fully saturated rings. The highest BCUT2D eigenvalue weighted by molar-refractivity contribution is 5.66. The zero-order valence-corrected chi connectivity index (χ0v) is 8.92. The molecule has 78 valence electrons. The average molecular weight is 201 g/mol. The topological polar surface area (TPSA) is 6.25 Å². The van der Waals surface area contributed by atoms with E-state index in [1.807, 2.05) is 0 Å². The van der Waals surface area contributed by atoms with Crippen molar-refractivity contribution in [1.82, 2.24) is 4.90 Å². The SMILES string of the molecule is C(=CC=[N+]1CC=CC1)C=CN1CC=CC1. The number of hydrogen-bond donors (Lipinski definition) is 0. The molecule has 0 atom stereocenters. The summed E-state index contributed by atoms with van der Waals surface area (Å²) in [5, 5.41) is 0. The fourth-order valence-electron chi connectivity index (χ4n) is 1.64.